The predicted octanol–water partition coefficient (Wildman–Crippen LogP) is 0.638. The number of hydrogen-bond donors (Lipinski definition) is 2. The van der Waals surface area contributed by atoms with Crippen LogP contribution in [0.15, 0.2) is 24.5 Å². The van der Waals surface area contributed by atoms with Gasteiger partial charge >= 0.3 is 0 Å². The number of nitrogens with zero attached hydrogens (tertiary/aromatic N) is 1. The second kappa shape index (κ2) is 3.65. The highest BCUT2D eigenvalue weighted by Gasteiger charge is 2.24. The fraction of sp³-hybridized carbons (Fsp3) is 0.444. The van der Waals surface area contributed by atoms with Gasteiger partial charge in [0.2, 0.25) is 0 Å². The molecular weight excluding hydrogens is 152 g/mol. The Bertz CT molecular complexity index is 232. The highest BCUT2D eigenvalue weighted by atomic mass is 16.3. The summed E-state index contributed by atoms with van der Waals surface area (Å²) < 4.78 is 0. The molecule has 0 aromatic carbocycles. The van der Waals surface area contributed by atoms with E-state index in [0.29, 0.717) is 6.42 Å². The zero-order valence-corrected chi connectivity index (χ0v) is 7.20. The van der Waals surface area contributed by atoms with E-state index < -0.39 is 5.60 Å². The SMILES string of the molecule is CCC(O)(CN)c1cccnc1. The summed E-state index contributed by atoms with van der Waals surface area (Å²) in [4.78, 5) is 3.93. The third kappa shape index (κ3) is 1.62. The summed E-state index contributed by atoms with van der Waals surface area (Å²) >= 11 is 0. The molecule has 1 aromatic heterocycles. The predicted molar refractivity (Wildman–Crippen MR) is 47.5 cm³/mol. The smallest absolute Gasteiger partial charge is 0.103 e. The van der Waals surface area contributed by atoms with Crippen LogP contribution in [-0.4, -0.2) is 16.6 Å². The minimum Gasteiger partial charge on any atom is -0.384 e. The molecule has 0 aliphatic rings. The van der Waals surface area contributed by atoms with E-state index in [-0.39, 0.29) is 6.54 Å². The van der Waals surface area contributed by atoms with Crippen LogP contribution < -0.4 is 5.73 Å². The van der Waals surface area contributed by atoms with E-state index in [1.807, 2.05) is 13.0 Å². The van der Waals surface area contributed by atoms with Crippen molar-refractivity contribution in [2.75, 3.05) is 6.54 Å². The van der Waals surface area contributed by atoms with Crippen LogP contribution in [0.3, 0.4) is 0 Å². The van der Waals surface area contributed by atoms with Gasteiger partial charge in [-0.2, -0.15) is 0 Å². The topological polar surface area (TPSA) is 59.1 Å². The van der Waals surface area contributed by atoms with Crippen molar-refractivity contribution in [1.82, 2.24) is 4.98 Å². The Morgan fingerprint density at radius 2 is 2.42 bits per heavy atom. The molecule has 1 heterocycles. The molecule has 0 aliphatic heterocycles. The van der Waals surface area contributed by atoms with Gasteiger partial charge in [-0.05, 0) is 12.5 Å². The van der Waals surface area contributed by atoms with Crippen LogP contribution >= 0.6 is 0 Å². The van der Waals surface area contributed by atoms with Crippen LogP contribution in [0, 0.1) is 0 Å². The molecule has 0 bridgehead atoms. The Morgan fingerprint density at radius 1 is 1.67 bits per heavy atom. The molecule has 1 aromatic rings. The second-order valence-electron chi connectivity index (χ2n) is 2.83. The molecule has 0 aliphatic carbocycles. The minimum atomic E-state index is -0.908. The normalized spacial score (nSPS) is 15.6. The van der Waals surface area contributed by atoms with Crippen molar-refractivity contribution < 1.29 is 5.11 Å². The van der Waals surface area contributed by atoms with Gasteiger partial charge in [-0.25, -0.2) is 0 Å². The van der Waals surface area contributed by atoms with Crippen molar-refractivity contribution in [3.05, 3.63) is 30.1 Å². The molecule has 3 nitrogen and oxygen atoms in total. The average molecular weight is 166 g/mol. The maximum absolute atomic E-state index is 9.94. The van der Waals surface area contributed by atoms with E-state index in [4.69, 9.17) is 5.73 Å². The number of aliphatic hydroxyl groups is 1. The van der Waals surface area contributed by atoms with Crippen LogP contribution in [0.2, 0.25) is 0 Å². The number of hydrogen-bond acceptors (Lipinski definition) is 3. The van der Waals surface area contributed by atoms with E-state index >= 15 is 0 Å². The van der Waals surface area contributed by atoms with E-state index in [0.717, 1.165) is 5.56 Å². The lowest BCUT2D eigenvalue weighted by molar-refractivity contribution is 0.0415. The maximum Gasteiger partial charge on any atom is 0.103 e. The first kappa shape index (κ1) is 9.16. The first-order valence-electron chi connectivity index (χ1n) is 4.06. The molecule has 66 valence electrons. The Labute approximate surface area is 72.2 Å². The summed E-state index contributed by atoms with van der Waals surface area (Å²) in [5.74, 6) is 0. The lowest BCUT2D eigenvalue weighted by Crippen LogP contribution is -2.34. The van der Waals surface area contributed by atoms with E-state index in [9.17, 15) is 5.11 Å². The van der Waals surface area contributed by atoms with Gasteiger partial charge in [0.05, 0.1) is 0 Å². The standard InChI is InChI=1S/C9H14N2O/c1-2-9(12,7-10)8-4-3-5-11-6-8/h3-6,12H,2,7,10H2,1H3. The second-order valence-corrected chi connectivity index (χ2v) is 2.83. The van der Waals surface area contributed by atoms with Crippen LogP contribution in [0.25, 0.3) is 0 Å². The van der Waals surface area contributed by atoms with Crippen molar-refractivity contribution in [2.24, 2.45) is 5.73 Å². The molecule has 1 rings (SSSR count). The van der Waals surface area contributed by atoms with E-state index in [1.165, 1.54) is 0 Å². The average Bonchev–Trinajstić information content (AvgIpc) is 2.18. The molecule has 0 radical (unpaired) electrons. The summed E-state index contributed by atoms with van der Waals surface area (Å²) in [5.41, 5.74) is 5.35. The first-order valence-corrected chi connectivity index (χ1v) is 4.06. The Kier molecular flexibility index (Phi) is 2.78. The third-order valence-corrected chi connectivity index (χ3v) is 2.12. The van der Waals surface area contributed by atoms with Crippen molar-refractivity contribution in [2.45, 2.75) is 18.9 Å². The molecule has 1 atom stereocenters. The van der Waals surface area contributed by atoms with Crippen LogP contribution in [-0.2, 0) is 5.60 Å². The van der Waals surface area contributed by atoms with Crippen LogP contribution in [0.4, 0.5) is 0 Å². The first-order chi connectivity index (χ1) is 5.73. The summed E-state index contributed by atoms with van der Waals surface area (Å²) in [6.45, 7) is 2.13. The van der Waals surface area contributed by atoms with Gasteiger partial charge in [0.25, 0.3) is 0 Å². The summed E-state index contributed by atoms with van der Waals surface area (Å²) in [7, 11) is 0. The van der Waals surface area contributed by atoms with Crippen molar-refractivity contribution in [3.8, 4) is 0 Å². The molecule has 0 saturated heterocycles. The van der Waals surface area contributed by atoms with E-state index in [2.05, 4.69) is 4.98 Å². The highest BCUT2D eigenvalue weighted by molar-refractivity contribution is 5.18. The van der Waals surface area contributed by atoms with Crippen molar-refractivity contribution in [1.29, 1.82) is 0 Å². The lowest BCUT2D eigenvalue weighted by atomic mass is 9.93. The molecule has 0 amide bonds. The Hall–Kier alpha value is -0.930. The van der Waals surface area contributed by atoms with Gasteiger partial charge in [0.1, 0.15) is 5.60 Å². The number of aromatic nitrogens is 1. The molecule has 0 saturated carbocycles. The van der Waals surface area contributed by atoms with Gasteiger partial charge in [0.15, 0.2) is 0 Å². The lowest BCUT2D eigenvalue weighted by Gasteiger charge is -2.24. The fourth-order valence-electron chi connectivity index (χ4n) is 1.10. The minimum absolute atomic E-state index is 0.231. The summed E-state index contributed by atoms with van der Waals surface area (Å²) in [6, 6.07) is 3.63. The van der Waals surface area contributed by atoms with Gasteiger partial charge in [-0.15, -0.1) is 0 Å². The molecule has 1 unspecified atom stereocenters. The molecule has 3 heteroatoms. The van der Waals surface area contributed by atoms with Crippen LogP contribution in [0.5, 0.6) is 0 Å². The number of nitrogens with two attached hydrogens (primary N) is 1. The van der Waals surface area contributed by atoms with E-state index in [1.54, 1.807) is 18.5 Å². The Morgan fingerprint density at radius 3 is 2.83 bits per heavy atom. The highest BCUT2D eigenvalue weighted by Crippen LogP contribution is 2.21. The zero-order valence-electron chi connectivity index (χ0n) is 7.20. The molecule has 12 heavy (non-hydrogen) atoms. The largest absolute Gasteiger partial charge is 0.384 e. The van der Waals surface area contributed by atoms with Gasteiger partial charge in [-0.1, -0.05) is 13.0 Å². The van der Waals surface area contributed by atoms with Crippen molar-refractivity contribution >= 4 is 0 Å². The summed E-state index contributed by atoms with van der Waals surface area (Å²) in [5, 5.41) is 9.94. The van der Waals surface area contributed by atoms with Crippen molar-refractivity contribution in [3.63, 3.8) is 0 Å². The van der Waals surface area contributed by atoms with Crippen LogP contribution in [0.1, 0.15) is 18.9 Å². The summed E-state index contributed by atoms with van der Waals surface area (Å²) in [6.07, 6.45) is 3.93. The number of rotatable bonds is 3. The monoisotopic (exact) mass is 166 g/mol. The third-order valence-electron chi connectivity index (χ3n) is 2.12. The zero-order chi connectivity index (χ0) is 9.03. The van der Waals surface area contributed by atoms with Gasteiger partial charge in [-0.3, -0.25) is 4.98 Å². The van der Waals surface area contributed by atoms with Gasteiger partial charge in [0, 0.05) is 24.5 Å². The molecule has 3 N–H and O–H groups in total. The van der Waals surface area contributed by atoms with Gasteiger partial charge < -0.3 is 10.8 Å². The Balaban J connectivity index is 2.95. The molecule has 0 spiro atoms. The fourth-order valence-corrected chi connectivity index (χ4v) is 1.10. The quantitative estimate of drug-likeness (QED) is 0.692. The number of pyridine rings is 1. The molecule has 0 fully saturated rings. The maximum atomic E-state index is 9.94. The molecular formula is C9H14N2O.